The summed E-state index contributed by atoms with van der Waals surface area (Å²) in [5, 5.41) is 8.43. The monoisotopic (exact) mass is 161 g/mol. The lowest BCUT2D eigenvalue weighted by atomic mass is 10.4. The van der Waals surface area contributed by atoms with E-state index in [0.717, 1.165) is 4.90 Å². The van der Waals surface area contributed by atoms with Gasteiger partial charge in [0.25, 0.3) is 0 Å². The lowest BCUT2D eigenvalue weighted by molar-refractivity contribution is 1.47. The largest absolute Gasteiger partial charge is 0.192 e. The van der Waals surface area contributed by atoms with Gasteiger partial charge in [0.15, 0.2) is 0 Å². The molecule has 1 aromatic rings. The van der Waals surface area contributed by atoms with Gasteiger partial charge in [-0.15, -0.1) is 0 Å². The Morgan fingerprint density at radius 2 is 2.00 bits per heavy atom. The molecule has 0 saturated heterocycles. The summed E-state index contributed by atoms with van der Waals surface area (Å²) in [6, 6.07) is 11.7. The molecule has 0 atom stereocenters. The van der Waals surface area contributed by atoms with E-state index in [1.54, 1.807) is 0 Å². The van der Waals surface area contributed by atoms with Gasteiger partial charge in [0, 0.05) is 4.90 Å². The van der Waals surface area contributed by atoms with Crippen molar-refractivity contribution in [3.63, 3.8) is 0 Å². The molecule has 11 heavy (non-hydrogen) atoms. The second kappa shape index (κ2) is 3.85. The van der Waals surface area contributed by atoms with Gasteiger partial charge in [0.1, 0.15) is 6.07 Å². The van der Waals surface area contributed by atoms with Crippen LogP contribution in [0.4, 0.5) is 0 Å². The molecule has 0 heterocycles. The first-order valence-electron chi connectivity index (χ1n) is 3.15. The molecule has 0 aliphatic heterocycles. The fourth-order valence-electron chi connectivity index (χ4n) is 0.654. The SMILES string of the molecule is C=C(C#N)Sc1ccccc1. The Labute approximate surface area is 70.4 Å². The Kier molecular flexibility index (Phi) is 2.76. The summed E-state index contributed by atoms with van der Waals surface area (Å²) in [7, 11) is 0. The topological polar surface area (TPSA) is 23.8 Å². The van der Waals surface area contributed by atoms with E-state index in [4.69, 9.17) is 5.26 Å². The van der Waals surface area contributed by atoms with Gasteiger partial charge < -0.3 is 0 Å². The van der Waals surface area contributed by atoms with Crippen LogP contribution in [-0.2, 0) is 0 Å². The Hall–Kier alpha value is -1.20. The van der Waals surface area contributed by atoms with Crippen molar-refractivity contribution in [2.75, 3.05) is 0 Å². The minimum absolute atomic E-state index is 0.524. The fraction of sp³-hybridized carbons (Fsp3) is 0. The maximum absolute atomic E-state index is 8.43. The van der Waals surface area contributed by atoms with Gasteiger partial charge in [-0.2, -0.15) is 5.26 Å². The Balaban J connectivity index is 2.67. The number of nitrogens with zero attached hydrogens (tertiary/aromatic N) is 1. The van der Waals surface area contributed by atoms with Crippen LogP contribution in [0.2, 0.25) is 0 Å². The number of rotatable bonds is 2. The highest BCUT2D eigenvalue weighted by Crippen LogP contribution is 2.23. The van der Waals surface area contributed by atoms with Crippen LogP contribution in [0, 0.1) is 11.3 Å². The van der Waals surface area contributed by atoms with Gasteiger partial charge in [-0.25, -0.2) is 0 Å². The molecule has 0 spiro atoms. The molecule has 1 nitrogen and oxygen atoms in total. The molecule has 0 aliphatic carbocycles. The van der Waals surface area contributed by atoms with Crippen molar-refractivity contribution in [3.8, 4) is 6.07 Å². The molecular formula is C9H7NS. The molecule has 0 bridgehead atoms. The van der Waals surface area contributed by atoms with Crippen LogP contribution < -0.4 is 0 Å². The molecule has 0 amide bonds. The van der Waals surface area contributed by atoms with Crippen LogP contribution in [-0.4, -0.2) is 0 Å². The molecule has 0 unspecified atom stereocenters. The van der Waals surface area contributed by atoms with Crippen LogP contribution >= 0.6 is 11.8 Å². The summed E-state index contributed by atoms with van der Waals surface area (Å²) in [5.74, 6) is 0. The average molecular weight is 161 g/mol. The molecule has 1 rings (SSSR count). The summed E-state index contributed by atoms with van der Waals surface area (Å²) in [6.45, 7) is 3.57. The molecule has 0 saturated carbocycles. The number of thioether (sulfide) groups is 1. The van der Waals surface area contributed by atoms with Crippen molar-refractivity contribution in [1.29, 1.82) is 5.26 Å². The maximum atomic E-state index is 8.43. The second-order valence-corrected chi connectivity index (χ2v) is 3.12. The van der Waals surface area contributed by atoms with E-state index in [1.165, 1.54) is 11.8 Å². The number of nitriles is 1. The Bertz CT molecular complexity index is 284. The van der Waals surface area contributed by atoms with Crippen LogP contribution in [0.25, 0.3) is 0 Å². The summed E-state index contributed by atoms with van der Waals surface area (Å²) in [6.07, 6.45) is 0. The van der Waals surface area contributed by atoms with Gasteiger partial charge in [-0.3, -0.25) is 0 Å². The maximum Gasteiger partial charge on any atom is 0.106 e. The number of benzene rings is 1. The van der Waals surface area contributed by atoms with Gasteiger partial charge in [0.05, 0.1) is 4.91 Å². The van der Waals surface area contributed by atoms with E-state index < -0.39 is 0 Å². The van der Waals surface area contributed by atoms with Gasteiger partial charge >= 0.3 is 0 Å². The second-order valence-electron chi connectivity index (χ2n) is 1.95. The first kappa shape index (κ1) is 7.90. The van der Waals surface area contributed by atoms with Crippen LogP contribution in [0.5, 0.6) is 0 Å². The highest BCUT2D eigenvalue weighted by Gasteiger charge is 1.93. The van der Waals surface area contributed by atoms with Crippen molar-refractivity contribution in [2.24, 2.45) is 0 Å². The third-order valence-corrected chi connectivity index (χ3v) is 1.95. The average Bonchev–Trinajstić information content (AvgIpc) is 2.06. The first-order valence-corrected chi connectivity index (χ1v) is 3.96. The van der Waals surface area contributed by atoms with E-state index in [0.29, 0.717) is 4.91 Å². The van der Waals surface area contributed by atoms with Crippen molar-refractivity contribution >= 4 is 11.8 Å². The first-order chi connectivity index (χ1) is 5.33. The van der Waals surface area contributed by atoms with Crippen LogP contribution in [0.3, 0.4) is 0 Å². The molecule has 0 aromatic heterocycles. The highest BCUT2D eigenvalue weighted by molar-refractivity contribution is 8.03. The smallest absolute Gasteiger partial charge is 0.106 e. The van der Waals surface area contributed by atoms with Gasteiger partial charge in [0.2, 0.25) is 0 Å². The molecule has 0 aliphatic rings. The number of allylic oxidation sites excluding steroid dienone is 1. The fourth-order valence-corrected chi connectivity index (χ4v) is 1.28. The van der Waals surface area contributed by atoms with Crippen LogP contribution in [0.1, 0.15) is 0 Å². The van der Waals surface area contributed by atoms with Crippen molar-refractivity contribution in [2.45, 2.75) is 4.90 Å². The number of hydrogen-bond acceptors (Lipinski definition) is 2. The van der Waals surface area contributed by atoms with Crippen molar-refractivity contribution < 1.29 is 0 Å². The van der Waals surface area contributed by atoms with Crippen LogP contribution in [0.15, 0.2) is 46.7 Å². The molecule has 0 fully saturated rings. The van der Waals surface area contributed by atoms with E-state index in [2.05, 4.69) is 6.58 Å². The quantitative estimate of drug-likeness (QED) is 0.492. The number of hydrogen-bond donors (Lipinski definition) is 0. The lowest BCUT2D eigenvalue weighted by Crippen LogP contribution is -1.69. The van der Waals surface area contributed by atoms with E-state index in [-0.39, 0.29) is 0 Å². The highest BCUT2D eigenvalue weighted by atomic mass is 32.2. The van der Waals surface area contributed by atoms with Crippen molar-refractivity contribution in [3.05, 3.63) is 41.8 Å². The predicted molar refractivity (Wildman–Crippen MR) is 47.1 cm³/mol. The van der Waals surface area contributed by atoms with E-state index >= 15 is 0 Å². The zero-order valence-corrected chi connectivity index (χ0v) is 6.77. The molecule has 2 heteroatoms. The van der Waals surface area contributed by atoms with Gasteiger partial charge in [-0.1, -0.05) is 36.5 Å². The summed E-state index contributed by atoms with van der Waals surface area (Å²) in [5.41, 5.74) is 0. The lowest BCUT2D eigenvalue weighted by Gasteiger charge is -1.94. The Morgan fingerprint density at radius 3 is 2.55 bits per heavy atom. The Morgan fingerprint density at radius 1 is 1.36 bits per heavy atom. The zero-order chi connectivity index (χ0) is 8.10. The summed E-state index contributed by atoms with van der Waals surface area (Å²) >= 11 is 1.39. The summed E-state index contributed by atoms with van der Waals surface area (Å²) in [4.78, 5) is 1.58. The standard InChI is InChI=1S/C9H7NS/c1-8(7-10)11-9-5-3-2-4-6-9/h2-6H,1H2. The van der Waals surface area contributed by atoms with E-state index in [1.807, 2.05) is 36.4 Å². The van der Waals surface area contributed by atoms with Gasteiger partial charge in [-0.05, 0) is 12.1 Å². The third kappa shape index (κ3) is 2.48. The molecule has 1 aromatic carbocycles. The summed E-state index contributed by atoms with van der Waals surface area (Å²) < 4.78 is 0. The zero-order valence-electron chi connectivity index (χ0n) is 5.95. The molecule has 0 N–H and O–H groups in total. The normalized spacial score (nSPS) is 8.64. The van der Waals surface area contributed by atoms with Crippen molar-refractivity contribution in [1.82, 2.24) is 0 Å². The van der Waals surface area contributed by atoms with E-state index in [9.17, 15) is 0 Å². The molecule has 0 radical (unpaired) electrons. The molecular weight excluding hydrogens is 154 g/mol. The minimum atomic E-state index is 0.524. The predicted octanol–water partition coefficient (Wildman–Crippen LogP) is 2.82. The molecule has 54 valence electrons. The minimum Gasteiger partial charge on any atom is -0.192 e. The third-order valence-electron chi connectivity index (χ3n) is 1.11.